The number of hydrogen-bond donors (Lipinski definition) is 0. The summed E-state index contributed by atoms with van der Waals surface area (Å²) >= 11 is 1.87. The van der Waals surface area contributed by atoms with Gasteiger partial charge < -0.3 is 9.38 Å². The summed E-state index contributed by atoms with van der Waals surface area (Å²) < 4.78 is 3.25. The van der Waals surface area contributed by atoms with Crippen LogP contribution in [0.25, 0.3) is 22.6 Å². The lowest BCUT2D eigenvalue weighted by Gasteiger charge is -2.32. The van der Waals surface area contributed by atoms with E-state index in [0.717, 1.165) is 24.1 Å². The fourth-order valence-corrected chi connectivity index (χ4v) is 6.60. The summed E-state index contributed by atoms with van der Waals surface area (Å²) in [5.41, 5.74) is 7.62. The maximum atomic E-state index is 2.47. The van der Waals surface area contributed by atoms with Gasteiger partial charge in [0, 0.05) is 28.6 Å². The number of nitrogens with zero attached hydrogens (tertiary/aromatic N) is 3. The van der Waals surface area contributed by atoms with Gasteiger partial charge in [0.25, 0.3) is 0 Å². The van der Waals surface area contributed by atoms with E-state index in [1.54, 1.807) is 0 Å². The predicted molar refractivity (Wildman–Crippen MR) is 168 cm³/mol. The average Bonchev–Trinajstić information content (AvgIpc) is 3.33. The molecule has 1 aliphatic rings. The van der Waals surface area contributed by atoms with Gasteiger partial charge in [-0.1, -0.05) is 60.3 Å². The summed E-state index contributed by atoms with van der Waals surface area (Å²) in [7, 11) is 4.46. The minimum Gasteiger partial charge on any atom is -0.332 e. The molecule has 4 aromatic rings. The van der Waals surface area contributed by atoms with Gasteiger partial charge in [0.1, 0.15) is 13.6 Å². The molecule has 4 heteroatoms. The Labute approximate surface area is 238 Å². The Bertz CT molecular complexity index is 1530. The van der Waals surface area contributed by atoms with E-state index in [1.165, 1.54) is 48.8 Å². The zero-order valence-corrected chi connectivity index (χ0v) is 25.0. The molecule has 0 spiro atoms. The van der Waals surface area contributed by atoms with Crippen molar-refractivity contribution >= 4 is 40.0 Å². The molecule has 0 aliphatic carbocycles. The van der Waals surface area contributed by atoms with Crippen LogP contribution in [0.2, 0.25) is 0 Å². The molecule has 0 bridgehead atoms. The maximum absolute atomic E-state index is 2.47. The Kier molecular flexibility index (Phi) is 7.97. The second-order valence-electron chi connectivity index (χ2n) is 11.1. The van der Waals surface area contributed by atoms with Crippen LogP contribution in [0.15, 0.2) is 101 Å². The van der Waals surface area contributed by atoms with Crippen LogP contribution < -0.4 is 9.47 Å². The van der Waals surface area contributed by atoms with Crippen molar-refractivity contribution in [1.29, 1.82) is 0 Å². The number of quaternary nitrogens is 1. The number of allylic oxidation sites excluding steroid dienone is 2. The van der Waals surface area contributed by atoms with E-state index in [1.807, 2.05) is 11.8 Å². The summed E-state index contributed by atoms with van der Waals surface area (Å²) in [6, 6.07) is 29.3. The van der Waals surface area contributed by atoms with Crippen LogP contribution in [0.1, 0.15) is 44.4 Å². The number of thioether (sulfide) groups is 1. The monoisotopic (exact) mass is 535 g/mol. The van der Waals surface area contributed by atoms with Crippen molar-refractivity contribution in [3.63, 3.8) is 0 Å². The number of anilines is 1. The molecule has 200 valence electrons. The molecule has 3 aromatic carbocycles. The number of benzene rings is 3. The van der Waals surface area contributed by atoms with Gasteiger partial charge in [-0.25, -0.2) is 4.57 Å². The number of para-hydroxylation sites is 2. The van der Waals surface area contributed by atoms with E-state index in [2.05, 4.69) is 148 Å². The minimum absolute atomic E-state index is 0.367. The fourth-order valence-electron chi connectivity index (χ4n) is 5.37. The zero-order valence-electron chi connectivity index (χ0n) is 24.2. The van der Waals surface area contributed by atoms with E-state index >= 15 is 0 Å². The topological polar surface area (TPSA) is 7.12 Å². The van der Waals surface area contributed by atoms with Gasteiger partial charge in [-0.15, -0.1) is 0 Å². The van der Waals surface area contributed by atoms with Gasteiger partial charge in [0.05, 0.1) is 36.2 Å². The van der Waals surface area contributed by atoms with Crippen LogP contribution in [0.5, 0.6) is 0 Å². The molecule has 0 N–H and O–H groups in total. The molecular formula is C35H41N3S+2. The molecule has 0 amide bonds. The van der Waals surface area contributed by atoms with E-state index in [0.29, 0.717) is 6.04 Å². The second kappa shape index (κ2) is 11.4. The van der Waals surface area contributed by atoms with Crippen molar-refractivity contribution in [2.45, 2.75) is 45.2 Å². The molecule has 0 unspecified atom stereocenters. The van der Waals surface area contributed by atoms with Crippen LogP contribution in [0, 0.1) is 0 Å². The molecule has 1 aromatic heterocycles. The first-order valence-corrected chi connectivity index (χ1v) is 14.9. The Morgan fingerprint density at radius 2 is 1.62 bits per heavy atom. The highest BCUT2D eigenvalue weighted by Crippen LogP contribution is 2.47. The largest absolute Gasteiger partial charge is 0.332 e. The predicted octanol–water partition coefficient (Wildman–Crippen LogP) is 8.05. The first-order valence-electron chi connectivity index (χ1n) is 14.1. The SMILES string of the molecule is CC[N+](C)(CC)Cc1ccc(C(=C\c2cc[n+](C)c3ccccc23)/C=C2\Sc3ccccc3N2C(C)C)cc1. The smallest absolute Gasteiger partial charge is 0.212 e. The molecule has 0 fully saturated rings. The van der Waals surface area contributed by atoms with Crippen molar-refractivity contribution in [2.24, 2.45) is 7.05 Å². The molecule has 0 saturated heterocycles. The van der Waals surface area contributed by atoms with Crippen LogP contribution in [0.4, 0.5) is 5.69 Å². The third-order valence-electron chi connectivity index (χ3n) is 8.13. The van der Waals surface area contributed by atoms with Gasteiger partial charge >= 0.3 is 0 Å². The number of aromatic nitrogens is 1. The molecule has 2 heterocycles. The summed E-state index contributed by atoms with van der Waals surface area (Å²) in [6.07, 6.45) is 6.92. The van der Waals surface area contributed by atoms with E-state index in [9.17, 15) is 0 Å². The van der Waals surface area contributed by atoms with Gasteiger partial charge in [0.2, 0.25) is 5.52 Å². The van der Waals surface area contributed by atoms with Crippen LogP contribution >= 0.6 is 11.8 Å². The molecule has 1 aliphatic heterocycles. The summed E-state index contributed by atoms with van der Waals surface area (Å²) in [6.45, 7) is 12.4. The highest BCUT2D eigenvalue weighted by molar-refractivity contribution is 8.03. The van der Waals surface area contributed by atoms with E-state index in [4.69, 9.17) is 0 Å². The van der Waals surface area contributed by atoms with Crippen LogP contribution in [-0.4, -0.2) is 30.7 Å². The van der Waals surface area contributed by atoms with Gasteiger partial charge in [-0.2, -0.15) is 0 Å². The maximum Gasteiger partial charge on any atom is 0.212 e. The normalized spacial score (nSPS) is 15.0. The average molecular weight is 536 g/mol. The summed E-state index contributed by atoms with van der Waals surface area (Å²) in [5, 5.41) is 2.53. The number of aryl methyl sites for hydroxylation is 1. The van der Waals surface area contributed by atoms with Gasteiger partial charge in [0.15, 0.2) is 6.20 Å². The lowest BCUT2D eigenvalue weighted by atomic mass is 9.99. The van der Waals surface area contributed by atoms with E-state index < -0.39 is 0 Å². The van der Waals surface area contributed by atoms with Crippen molar-refractivity contribution in [1.82, 2.24) is 0 Å². The standard InChI is InChI=1S/C35H41N3S/c1-7-38(6,8-2)25-27-17-19-28(20-18-27)30(23-29-21-22-36(5)32-14-10-9-13-31(29)32)24-35-37(26(3)4)33-15-11-12-16-34(33)39-35/h9-24,26H,7-8,25H2,1-6H3/q+2. The molecule has 5 rings (SSSR count). The molecule has 3 nitrogen and oxygen atoms in total. The Hall–Kier alpha value is -3.34. The number of rotatable bonds is 8. The van der Waals surface area contributed by atoms with Crippen molar-refractivity contribution in [3.05, 3.63) is 113 Å². The number of fused-ring (bicyclic) bond motifs is 2. The van der Waals surface area contributed by atoms with E-state index in [-0.39, 0.29) is 0 Å². The Morgan fingerprint density at radius 3 is 2.33 bits per heavy atom. The Balaban J connectivity index is 1.62. The van der Waals surface area contributed by atoms with Crippen molar-refractivity contribution in [2.75, 3.05) is 25.0 Å². The highest BCUT2D eigenvalue weighted by Gasteiger charge is 2.27. The fraction of sp³-hybridized carbons (Fsp3) is 0.286. The van der Waals surface area contributed by atoms with Gasteiger partial charge in [-0.05, 0) is 74.7 Å². The zero-order chi connectivity index (χ0) is 27.6. The second-order valence-corrected chi connectivity index (χ2v) is 12.2. The molecule has 39 heavy (non-hydrogen) atoms. The van der Waals surface area contributed by atoms with Crippen LogP contribution in [0.3, 0.4) is 0 Å². The Morgan fingerprint density at radius 1 is 0.923 bits per heavy atom. The van der Waals surface area contributed by atoms with Crippen molar-refractivity contribution in [3.8, 4) is 0 Å². The number of hydrogen-bond acceptors (Lipinski definition) is 2. The van der Waals surface area contributed by atoms with Crippen LogP contribution in [-0.2, 0) is 13.6 Å². The minimum atomic E-state index is 0.367. The summed E-state index contributed by atoms with van der Waals surface area (Å²) in [5.74, 6) is 0. The van der Waals surface area contributed by atoms with Crippen molar-refractivity contribution < 1.29 is 9.05 Å². The molecule has 0 saturated carbocycles. The molecule has 0 atom stereocenters. The third-order valence-corrected chi connectivity index (χ3v) is 9.22. The van der Waals surface area contributed by atoms with Gasteiger partial charge in [-0.3, -0.25) is 0 Å². The highest BCUT2D eigenvalue weighted by atomic mass is 32.2. The first kappa shape index (κ1) is 27.2. The molecule has 0 radical (unpaired) electrons. The quantitative estimate of drug-likeness (QED) is 0.166. The number of pyridine rings is 1. The molecular weight excluding hydrogens is 494 g/mol. The third kappa shape index (κ3) is 5.68. The first-order chi connectivity index (χ1) is 18.8. The lowest BCUT2D eigenvalue weighted by molar-refractivity contribution is -0.919. The lowest BCUT2D eigenvalue weighted by Crippen LogP contribution is -2.42. The summed E-state index contributed by atoms with van der Waals surface area (Å²) in [4.78, 5) is 3.79.